The third-order valence-corrected chi connectivity index (χ3v) is 5.76. The molecule has 0 aliphatic rings. The molecule has 0 amide bonds. The minimum atomic E-state index is -3.96. The first-order chi connectivity index (χ1) is 11.2. The standard InChI is InChI=1S/C16H19N3O4S/c1-12-10-15(19(20)21)16(11-13(12)2)24(22,23)18(3)9-7-14-6-4-5-8-17-14/h4-6,8,10-11H,7,9H2,1-3H3. The molecule has 2 aromatic rings. The van der Waals surface area contributed by atoms with Crippen LogP contribution in [-0.4, -0.2) is 36.2 Å². The van der Waals surface area contributed by atoms with Crippen LogP contribution in [0.25, 0.3) is 0 Å². The van der Waals surface area contributed by atoms with E-state index in [1.165, 1.54) is 19.2 Å². The second kappa shape index (κ2) is 7.06. The molecule has 0 radical (unpaired) electrons. The molecule has 1 aromatic carbocycles. The molecule has 7 nitrogen and oxygen atoms in total. The Hall–Kier alpha value is -2.32. The van der Waals surface area contributed by atoms with Crippen LogP contribution in [0.3, 0.4) is 0 Å². The van der Waals surface area contributed by atoms with Crippen molar-refractivity contribution in [2.75, 3.05) is 13.6 Å². The first kappa shape index (κ1) is 18.0. The quantitative estimate of drug-likeness (QED) is 0.590. The highest BCUT2D eigenvalue weighted by Crippen LogP contribution is 2.29. The maximum absolute atomic E-state index is 12.7. The molecule has 0 fully saturated rings. The van der Waals surface area contributed by atoms with Crippen molar-refractivity contribution >= 4 is 15.7 Å². The van der Waals surface area contributed by atoms with E-state index in [9.17, 15) is 18.5 Å². The average molecular weight is 349 g/mol. The average Bonchev–Trinajstić information content (AvgIpc) is 2.55. The van der Waals surface area contributed by atoms with Crippen molar-refractivity contribution in [1.82, 2.24) is 9.29 Å². The number of aromatic nitrogens is 1. The van der Waals surface area contributed by atoms with E-state index in [1.807, 2.05) is 6.07 Å². The van der Waals surface area contributed by atoms with Gasteiger partial charge in [0, 0.05) is 38.0 Å². The highest BCUT2D eigenvalue weighted by atomic mass is 32.2. The van der Waals surface area contributed by atoms with Crippen LogP contribution in [0.15, 0.2) is 41.4 Å². The van der Waals surface area contributed by atoms with Gasteiger partial charge in [-0.25, -0.2) is 12.7 Å². The minimum absolute atomic E-state index is 0.184. The maximum Gasteiger partial charge on any atom is 0.289 e. The number of aryl methyl sites for hydroxylation is 2. The van der Waals surface area contributed by atoms with Crippen LogP contribution in [0.4, 0.5) is 5.69 Å². The number of pyridine rings is 1. The lowest BCUT2D eigenvalue weighted by molar-refractivity contribution is -0.387. The normalized spacial score (nSPS) is 11.7. The molecule has 0 bridgehead atoms. The lowest BCUT2D eigenvalue weighted by atomic mass is 10.1. The van der Waals surface area contributed by atoms with Gasteiger partial charge in [-0.15, -0.1) is 0 Å². The van der Waals surface area contributed by atoms with Crippen LogP contribution in [0.5, 0.6) is 0 Å². The monoisotopic (exact) mass is 349 g/mol. The van der Waals surface area contributed by atoms with E-state index in [0.717, 1.165) is 10.00 Å². The van der Waals surface area contributed by atoms with Crippen molar-refractivity contribution < 1.29 is 13.3 Å². The summed E-state index contributed by atoms with van der Waals surface area (Å²) in [7, 11) is -2.55. The van der Waals surface area contributed by atoms with E-state index in [-0.39, 0.29) is 11.4 Å². The number of sulfonamides is 1. The van der Waals surface area contributed by atoms with Gasteiger partial charge in [0.25, 0.3) is 5.69 Å². The second-order valence-corrected chi connectivity index (χ2v) is 7.57. The van der Waals surface area contributed by atoms with Crippen LogP contribution in [0.2, 0.25) is 0 Å². The minimum Gasteiger partial charge on any atom is -0.261 e. The van der Waals surface area contributed by atoms with Crippen molar-refractivity contribution in [1.29, 1.82) is 0 Å². The summed E-state index contributed by atoms with van der Waals surface area (Å²) in [4.78, 5) is 14.5. The molecule has 0 atom stereocenters. The number of nitro benzene ring substituents is 1. The summed E-state index contributed by atoms with van der Waals surface area (Å²) >= 11 is 0. The Morgan fingerprint density at radius 2 is 1.88 bits per heavy atom. The molecule has 24 heavy (non-hydrogen) atoms. The topological polar surface area (TPSA) is 93.4 Å². The molecule has 0 aliphatic carbocycles. The number of hydrogen-bond acceptors (Lipinski definition) is 5. The molecule has 1 aromatic heterocycles. The summed E-state index contributed by atoms with van der Waals surface area (Å²) in [6, 6.07) is 8.07. The van der Waals surface area contributed by atoms with Crippen LogP contribution in [0, 0.1) is 24.0 Å². The van der Waals surface area contributed by atoms with Crippen molar-refractivity contribution in [2.24, 2.45) is 0 Å². The van der Waals surface area contributed by atoms with Crippen LogP contribution in [-0.2, 0) is 16.4 Å². The number of rotatable bonds is 6. The fraction of sp³-hybridized carbons (Fsp3) is 0.312. The summed E-state index contributed by atoms with van der Waals surface area (Å²) in [6.45, 7) is 3.62. The fourth-order valence-electron chi connectivity index (χ4n) is 2.23. The first-order valence-corrected chi connectivity index (χ1v) is 8.79. The number of nitro groups is 1. The third kappa shape index (κ3) is 3.77. The van der Waals surface area contributed by atoms with E-state index in [0.29, 0.717) is 17.5 Å². The molecule has 0 spiro atoms. The Balaban J connectivity index is 2.32. The van der Waals surface area contributed by atoms with Crippen LogP contribution >= 0.6 is 0 Å². The Bertz CT molecular complexity index is 851. The molecule has 0 saturated heterocycles. The Morgan fingerprint density at radius 1 is 1.21 bits per heavy atom. The number of hydrogen-bond donors (Lipinski definition) is 0. The zero-order valence-electron chi connectivity index (χ0n) is 13.8. The number of benzene rings is 1. The van der Waals surface area contributed by atoms with Gasteiger partial charge in [-0.05, 0) is 43.2 Å². The summed E-state index contributed by atoms with van der Waals surface area (Å²) in [5.74, 6) is 0. The molecule has 0 saturated carbocycles. The zero-order valence-corrected chi connectivity index (χ0v) is 14.6. The van der Waals surface area contributed by atoms with E-state index >= 15 is 0 Å². The summed E-state index contributed by atoms with van der Waals surface area (Å²) < 4.78 is 26.6. The SMILES string of the molecule is Cc1cc([N+](=O)[O-])c(S(=O)(=O)N(C)CCc2ccccn2)cc1C. The number of nitrogens with zero attached hydrogens (tertiary/aromatic N) is 3. The Kier molecular flexibility index (Phi) is 5.30. The van der Waals surface area contributed by atoms with Gasteiger partial charge in [0.15, 0.2) is 4.90 Å². The van der Waals surface area contributed by atoms with Crippen molar-refractivity contribution in [3.8, 4) is 0 Å². The van der Waals surface area contributed by atoms with E-state index in [1.54, 1.807) is 32.2 Å². The van der Waals surface area contributed by atoms with Crippen molar-refractivity contribution in [2.45, 2.75) is 25.2 Å². The van der Waals surface area contributed by atoms with Gasteiger partial charge >= 0.3 is 0 Å². The highest BCUT2D eigenvalue weighted by molar-refractivity contribution is 7.89. The predicted molar refractivity (Wildman–Crippen MR) is 90.3 cm³/mol. The predicted octanol–water partition coefficient (Wildman–Crippen LogP) is 2.47. The summed E-state index contributed by atoms with van der Waals surface area (Å²) in [5, 5.41) is 11.2. The molecular formula is C16H19N3O4S. The number of likely N-dealkylation sites (N-methyl/N-ethyl adjacent to an activating group) is 1. The third-order valence-electron chi connectivity index (χ3n) is 3.87. The maximum atomic E-state index is 12.7. The van der Waals surface area contributed by atoms with Gasteiger partial charge in [-0.1, -0.05) is 6.07 Å². The largest absolute Gasteiger partial charge is 0.289 e. The van der Waals surface area contributed by atoms with Gasteiger partial charge in [0.2, 0.25) is 10.0 Å². The lowest BCUT2D eigenvalue weighted by Crippen LogP contribution is -2.29. The van der Waals surface area contributed by atoms with Gasteiger partial charge in [-0.3, -0.25) is 15.1 Å². The van der Waals surface area contributed by atoms with E-state index < -0.39 is 20.6 Å². The smallest absolute Gasteiger partial charge is 0.261 e. The molecular weight excluding hydrogens is 330 g/mol. The highest BCUT2D eigenvalue weighted by Gasteiger charge is 2.30. The zero-order chi connectivity index (χ0) is 17.9. The van der Waals surface area contributed by atoms with Gasteiger partial charge < -0.3 is 0 Å². The molecule has 1 heterocycles. The molecule has 2 rings (SSSR count). The van der Waals surface area contributed by atoms with Gasteiger partial charge in [-0.2, -0.15) is 0 Å². The molecule has 0 unspecified atom stereocenters. The Morgan fingerprint density at radius 3 is 2.46 bits per heavy atom. The fourth-order valence-corrected chi connectivity index (χ4v) is 3.62. The lowest BCUT2D eigenvalue weighted by Gasteiger charge is -2.17. The second-order valence-electron chi connectivity index (χ2n) is 5.56. The Labute approximate surface area is 141 Å². The van der Waals surface area contributed by atoms with Crippen LogP contribution in [0.1, 0.15) is 16.8 Å². The molecule has 128 valence electrons. The van der Waals surface area contributed by atoms with Gasteiger partial charge in [0.1, 0.15) is 0 Å². The van der Waals surface area contributed by atoms with E-state index in [2.05, 4.69) is 4.98 Å². The van der Waals surface area contributed by atoms with Crippen molar-refractivity contribution in [3.63, 3.8) is 0 Å². The molecule has 0 N–H and O–H groups in total. The summed E-state index contributed by atoms with van der Waals surface area (Å²) in [5.41, 5.74) is 1.73. The first-order valence-electron chi connectivity index (χ1n) is 7.35. The van der Waals surface area contributed by atoms with E-state index in [4.69, 9.17) is 0 Å². The molecule has 0 aliphatic heterocycles. The molecule has 8 heteroatoms. The summed E-state index contributed by atoms with van der Waals surface area (Å²) in [6.07, 6.45) is 2.06. The van der Waals surface area contributed by atoms with Crippen LogP contribution < -0.4 is 0 Å². The van der Waals surface area contributed by atoms with Crippen molar-refractivity contribution in [3.05, 3.63) is 63.5 Å². The van der Waals surface area contributed by atoms with Gasteiger partial charge in [0.05, 0.1) is 4.92 Å².